The van der Waals surface area contributed by atoms with Crippen LogP contribution in [0.2, 0.25) is 0 Å². The van der Waals surface area contributed by atoms with Crippen LogP contribution in [0.1, 0.15) is 30.4 Å². The van der Waals surface area contributed by atoms with Crippen LogP contribution < -0.4 is 10.6 Å². The number of rotatable bonds is 5. The van der Waals surface area contributed by atoms with Crippen molar-refractivity contribution in [3.05, 3.63) is 77.9 Å². The first kappa shape index (κ1) is 24.7. The van der Waals surface area contributed by atoms with Crippen molar-refractivity contribution in [2.24, 2.45) is 0 Å². The van der Waals surface area contributed by atoms with Crippen LogP contribution in [0.3, 0.4) is 0 Å². The van der Waals surface area contributed by atoms with Crippen molar-refractivity contribution in [1.82, 2.24) is 10.6 Å². The van der Waals surface area contributed by atoms with Gasteiger partial charge in [0.1, 0.15) is 5.82 Å². The van der Waals surface area contributed by atoms with E-state index in [4.69, 9.17) is 5.11 Å². The molecule has 2 aliphatic rings. The summed E-state index contributed by atoms with van der Waals surface area (Å²) in [7, 11) is 1.00. The number of halogens is 1. The van der Waals surface area contributed by atoms with Gasteiger partial charge in [-0.1, -0.05) is 36.4 Å². The highest BCUT2D eigenvalue weighted by Crippen LogP contribution is 2.29. The van der Waals surface area contributed by atoms with E-state index >= 15 is 0 Å². The molecule has 2 aromatic rings. The topological polar surface area (TPSA) is 84.6 Å². The summed E-state index contributed by atoms with van der Waals surface area (Å²) in [5, 5.41) is 22.9. The highest BCUT2D eigenvalue weighted by atomic mass is 32.1. The van der Waals surface area contributed by atoms with Crippen LogP contribution in [-0.4, -0.2) is 51.7 Å². The summed E-state index contributed by atoms with van der Waals surface area (Å²) in [6.07, 6.45) is 9.30. The molecular weight excluding hydrogens is 441 g/mol. The van der Waals surface area contributed by atoms with Gasteiger partial charge in [-0.15, -0.1) is 12.6 Å². The van der Waals surface area contributed by atoms with Gasteiger partial charge in [0.2, 0.25) is 5.91 Å². The van der Waals surface area contributed by atoms with Crippen molar-refractivity contribution >= 4 is 30.8 Å². The lowest BCUT2D eigenvalue weighted by Crippen LogP contribution is -2.46. The van der Waals surface area contributed by atoms with Gasteiger partial charge in [-0.05, 0) is 35.8 Å². The van der Waals surface area contributed by atoms with Gasteiger partial charge in [0.05, 0.1) is 6.20 Å². The molecule has 33 heavy (non-hydrogen) atoms. The van der Waals surface area contributed by atoms with Crippen molar-refractivity contribution in [3.63, 3.8) is 0 Å². The predicted molar refractivity (Wildman–Crippen MR) is 131 cm³/mol. The monoisotopic (exact) mass is 470 g/mol. The van der Waals surface area contributed by atoms with Gasteiger partial charge in [0.25, 0.3) is 6.17 Å². The number of nitrogens with zero attached hydrogens (tertiary/aromatic N) is 1. The Hall–Kier alpha value is -2.94. The number of carbonyl (C=O) groups excluding carboxylic acids is 1. The number of hydrogen-bond donors (Lipinski definition) is 5. The molecule has 0 aliphatic carbocycles. The highest BCUT2D eigenvalue weighted by Gasteiger charge is 2.38. The molecule has 0 saturated carbocycles. The number of hydrogen-bond acceptors (Lipinski definition) is 5. The van der Waals surface area contributed by atoms with Crippen LogP contribution in [0, 0.1) is 5.82 Å². The molecule has 0 bridgehead atoms. The standard InChI is InChI=1S/C24H24FN3O2S.CH4O/c1-24(30,31)23-26-10-12-28(23)11-2-3-16-4-6-17(7-5-16)20-9-8-18(13-21(20)25)19-14-22(29)27-15-19;1-2/h2-13,19,23,26,30H,14-15H2,1H3,(H-,27,29,31);2H,1H3/p+1/b3-2+,28-11-;. The Morgan fingerprint density at radius 3 is 2.55 bits per heavy atom. The molecule has 4 N–H and O–H groups in total. The molecule has 3 unspecified atom stereocenters. The Bertz CT molecular complexity index is 1080. The van der Waals surface area contributed by atoms with Gasteiger partial charge in [-0.2, -0.15) is 4.58 Å². The molecule has 0 radical (unpaired) electrons. The third-order valence-corrected chi connectivity index (χ3v) is 5.77. The second-order valence-electron chi connectivity index (χ2n) is 8.00. The third kappa shape index (κ3) is 6.10. The molecule has 3 atom stereocenters. The average molecular weight is 471 g/mol. The number of benzene rings is 2. The van der Waals surface area contributed by atoms with Crippen molar-refractivity contribution in [3.8, 4) is 11.1 Å². The van der Waals surface area contributed by atoms with Crippen LogP contribution in [0.4, 0.5) is 4.39 Å². The lowest BCUT2D eigenvalue weighted by atomic mass is 9.95. The molecule has 0 aromatic heterocycles. The van der Waals surface area contributed by atoms with Crippen molar-refractivity contribution in [2.45, 2.75) is 30.4 Å². The molecule has 174 valence electrons. The van der Waals surface area contributed by atoms with E-state index in [9.17, 15) is 14.3 Å². The second kappa shape index (κ2) is 10.8. The molecule has 8 heteroatoms. The molecule has 2 heterocycles. The van der Waals surface area contributed by atoms with E-state index in [0.29, 0.717) is 18.5 Å². The minimum absolute atomic E-state index is 0.0129. The molecule has 0 spiro atoms. The maximum absolute atomic E-state index is 14.7. The summed E-state index contributed by atoms with van der Waals surface area (Å²) in [5.74, 6) is -0.239. The summed E-state index contributed by atoms with van der Waals surface area (Å²) in [6.45, 7) is 2.19. The fourth-order valence-electron chi connectivity index (χ4n) is 3.86. The Morgan fingerprint density at radius 1 is 1.21 bits per heavy atom. The number of carbonyl (C=O) groups is 1. The Kier molecular flexibility index (Phi) is 8.07. The van der Waals surface area contributed by atoms with E-state index in [0.717, 1.165) is 23.8 Å². The number of nitrogens with one attached hydrogen (secondary N) is 2. The molecule has 1 fully saturated rings. The van der Waals surface area contributed by atoms with E-state index in [1.165, 1.54) is 6.07 Å². The summed E-state index contributed by atoms with van der Waals surface area (Å²) >= 11 is 4.21. The van der Waals surface area contributed by atoms with E-state index in [1.807, 2.05) is 59.5 Å². The summed E-state index contributed by atoms with van der Waals surface area (Å²) in [4.78, 5) is 10.2. The fourth-order valence-corrected chi connectivity index (χ4v) is 4.06. The first-order chi connectivity index (χ1) is 15.8. The molecule has 1 saturated heterocycles. The molecule has 2 aromatic carbocycles. The molecular formula is C25H29FN3O3S+. The van der Waals surface area contributed by atoms with Gasteiger partial charge in [-0.3, -0.25) is 4.79 Å². The average Bonchev–Trinajstić information content (AvgIpc) is 3.45. The highest BCUT2D eigenvalue weighted by molar-refractivity contribution is 7.81. The van der Waals surface area contributed by atoms with Crippen molar-refractivity contribution < 1.29 is 24.0 Å². The molecule has 2 aliphatic heterocycles. The Balaban J connectivity index is 0.00000149. The smallest absolute Gasteiger partial charge is 0.269 e. The SMILES string of the molecule is CC(O)(S)C1NC=C/[N+]1=C/C=C/c1ccc(-c2ccc(C3CNC(=O)C3)cc2F)cc1.CO. The van der Waals surface area contributed by atoms with Crippen LogP contribution >= 0.6 is 12.6 Å². The lowest BCUT2D eigenvalue weighted by Gasteiger charge is -2.20. The van der Waals surface area contributed by atoms with Gasteiger partial charge >= 0.3 is 0 Å². The van der Waals surface area contributed by atoms with Crippen LogP contribution in [-0.2, 0) is 4.79 Å². The summed E-state index contributed by atoms with van der Waals surface area (Å²) in [5.41, 5.74) is 3.15. The van der Waals surface area contributed by atoms with Gasteiger partial charge in [-0.25, -0.2) is 4.39 Å². The first-order valence-corrected chi connectivity index (χ1v) is 11.0. The zero-order valence-electron chi connectivity index (χ0n) is 18.6. The zero-order valence-corrected chi connectivity index (χ0v) is 19.5. The molecule has 4 rings (SSSR count). The summed E-state index contributed by atoms with van der Waals surface area (Å²) < 4.78 is 16.6. The number of aliphatic hydroxyl groups excluding tert-OH is 1. The second-order valence-corrected chi connectivity index (χ2v) is 8.91. The van der Waals surface area contributed by atoms with E-state index in [2.05, 4.69) is 23.3 Å². The first-order valence-electron chi connectivity index (χ1n) is 10.6. The van der Waals surface area contributed by atoms with Gasteiger partial charge in [0, 0.05) is 37.6 Å². The molecule has 1 amide bonds. The van der Waals surface area contributed by atoms with Crippen LogP contribution in [0.15, 0.2) is 60.9 Å². The largest absolute Gasteiger partial charge is 0.400 e. The quantitative estimate of drug-likeness (QED) is 0.264. The minimum atomic E-state index is -1.20. The van der Waals surface area contributed by atoms with Gasteiger partial charge < -0.3 is 20.8 Å². The summed E-state index contributed by atoms with van der Waals surface area (Å²) in [6, 6.07) is 12.8. The zero-order chi connectivity index (χ0) is 24.0. The lowest BCUT2D eigenvalue weighted by molar-refractivity contribution is -0.505. The van der Waals surface area contributed by atoms with E-state index in [-0.39, 0.29) is 23.8 Å². The van der Waals surface area contributed by atoms with E-state index in [1.54, 1.807) is 19.2 Å². The molecule has 6 nitrogen and oxygen atoms in total. The normalized spacial score (nSPS) is 22.6. The fraction of sp³-hybridized carbons (Fsp3) is 0.280. The number of allylic oxidation sites excluding steroid dienone is 1. The third-order valence-electron chi connectivity index (χ3n) is 5.53. The number of aliphatic hydroxyl groups is 2. The Morgan fingerprint density at radius 2 is 1.94 bits per heavy atom. The Labute approximate surface area is 198 Å². The van der Waals surface area contributed by atoms with Gasteiger partial charge in [0.15, 0.2) is 17.3 Å². The minimum Gasteiger partial charge on any atom is -0.400 e. The van der Waals surface area contributed by atoms with Crippen molar-refractivity contribution in [2.75, 3.05) is 13.7 Å². The number of amides is 1. The van der Waals surface area contributed by atoms with Crippen LogP contribution in [0.25, 0.3) is 17.2 Å². The van der Waals surface area contributed by atoms with Crippen LogP contribution in [0.5, 0.6) is 0 Å². The predicted octanol–water partition coefficient (Wildman–Crippen LogP) is 2.84. The maximum Gasteiger partial charge on any atom is 0.269 e. The maximum atomic E-state index is 14.7. The van der Waals surface area contributed by atoms with Crippen molar-refractivity contribution in [1.29, 1.82) is 0 Å². The van der Waals surface area contributed by atoms with E-state index < -0.39 is 4.93 Å². The number of thiol groups is 1.